The molecule has 1 aromatic carbocycles. The second-order valence-corrected chi connectivity index (χ2v) is 6.15. The molecule has 0 saturated heterocycles. The van der Waals surface area contributed by atoms with Crippen LogP contribution in [0.3, 0.4) is 0 Å². The average molecular weight is 323 g/mol. The van der Waals surface area contributed by atoms with Crippen molar-refractivity contribution < 1.29 is 4.79 Å². The lowest BCUT2D eigenvalue weighted by Gasteiger charge is -2.04. The van der Waals surface area contributed by atoms with E-state index in [0.29, 0.717) is 5.82 Å². The highest BCUT2D eigenvalue weighted by atomic mass is 32.1. The van der Waals surface area contributed by atoms with Crippen molar-refractivity contribution in [2.24, 2.45) is 0 Å². The number of carbonyl (C=O) groups excluding carboxylic acids is 1. The number of nitrogens with one attached hydrogen (secondary N) is 1. The molecule has 0 atom stereocenters. The minimum atomic E-state index is -0.148. The molecule has 0 unspecified atom stereocenters. The molecular weight excluding hydrogens is 306 g/mol. The minimum Gasteiger partial charge on any atom is -0.383 e. The quantitative estimate of drug-likeness (QED) is 0.724. The van der Waals surface area contributed by atoms with Crippen LogP contribution >= 0.6 is 11.3 Å². The molecule has 0 aliphatic rings. The number of aromatic nitrogens is 1. The van der Waals surface area contributed by atoms with Crippen molar-refractivity contribution in [2.45, 2.75) is 6.92 Å². The van der Waals surface area contributed by atoms with Crippen LogP contribution in [-0.4, -0.2) is 17.9 Å². The second kappa shape index (κ2) is 6.22. The van der Waals surface area contributed by atoms with E-state index in [1.807, 2.05) is 0 Å². The Labute approximate surface area is 138 Å². The molecule has 23 heavy (non-hydrogen) atoms. The molecule has 116 valence electrons. The number of aryl methyl sites for hydroxylation is 1. The molecule has 5 heteroatoms. The highest BCUT2D eigenvalue weighted by molar-refractivity contribution is 7.18. The Balaban J connectivity index is 2.14. The molecule has 0 bridgehead atoms. The Morgan fingerprint density at radius 3 is 2.74 bits per heavy atom. The number of fused-ring (bicyclic) bond motifs is 1. The monoisotopic (exact) mass is 323 g/mol. The van der Waals surface area contributed by atoms with E-state index in [0.717, 1.165) is 26.8 Å². The minimum absolute atomic E-state index is 0.148. The third kappa shape index (κ3) is 2.96. The number of rotatable bonds is 3. The molecule has 0 radical (unpaired) electrons. The van der Waals surface area contributed by atoms with Crippen LogP contribution < -0.4 is 11.1 Å². The maximum absolute atomic E-state index is 11.4. The van der Waals surface area contributed by atoms with Crippen molar-refractivity contribution in [3.63, 3.8) is 0 Å². The summed E-state index contributed by atoms with van der Waals surface area (Å²) in [5, 5.41) is 5.59. The first-order chi connectivity index (χ1) is 11.1. The maximum atomic E-state index is 11.4. The number of pyridine rings is 1. The van der Waals surface area contributed by atoms with E-state index in [1.54, 1.807) is 30.7 Å². The molecule has 0 aliphatic heterocycles. The second-order valence-electron chi connectivity index (χ2n) is 5.27. The molecule has 3 aromatic rings. The van der Waals surface area contributed by atoms with Crippen molar-refractivity contribution in [1.82, 2.24) is 10.3 Å². The van der Waals surface area contributed by atoms with Crippen LogP contribution in [0.25, 0.3) is 27.3 Å². The van der Waals surface area contributed by atoms with Gasteiger partial charge in [0.15, 0.2) is 0 Å². The van der Waals surface area contributed by atoms with Crippen molar-refractivity contribution >= 4 is 39.2 Å². The van der Waals surface area contributed by atoms with Gasteiger partial charge in [0.1, 0.15) is 5.82 Å². The summed E-state index contributed by atoms with van der Waals surface area (Å²) in [5.41, 5.74) is 10.4. The predicted octanol–water partition coefficient (Wildman–Crippen LogP) is 3.61. The van der Waals surface area contributed by atoms with Crippen LogP contribution in [0, 0.1) is 6.92 Å². The number of benzene rings is 1. The third-order valence-electron chi connectivity index (χ3n) is 3.68. The number of nitrogens with zero attached hydrogens (tertiary/aromatic N) is 1. The van der Waals surface area contributed by atoms with Gasteiger partial charge in [0, 0.05) is 40.5 Å². The van der Waals surface area contributed by atoms with E-state index in [2.05, 4.69) is 46.9 Å². The first-order valence-electron chi connectivity index (χ1n) is 7.22. The van der Waals surface area contributed by atoms with Crippen LogP contribution in [-0.2, 0) is 4.79 Å². The van der Waals surface area contributed by atoms with Gasteiger partial charge in [0.2, 0.25) is 5.91 Å². The Kier molecular flexibility index (Phi) is 4.12. The molecule has 2 aromatic heterocycles. The number of anilines is 1. The van der Waals surface area contributed by atoms with Crippen LogP contribution in [0.5, 0.6) is 0 Å². The summed E-state index contributed by atoms with van der Waals surface area (Å²) in [4.78, 5) is 15.7. The van der Waals surface area contributed by atoms with Crippen molar-refractivity contribution in [2.75, 3.05) is 12.8 Å². The molecule has 3 N–H and O–H groups in total. The highest BCUT2D eigenvalue weighted by Gasteiger charge is 2.13. The smallest absolute Gasteiger partial charge is 0.243 e. The average Bonchev–Trinajstić information content (AvgIpc) is 3.00. The fraction of sp³-hybridized carbons (Fsp3) is 0.111. The number of hydrogen-bond donors (Lipinski definition) is 2. The molecule has 0 aliphatic carbocycles. The van der Waals surface area contributed by atoms with Crippen molar-refractivity contribution in [3.8, 4) is 11.1 Å². The molecule has 1 amide bonds. The van der Waals surface area contributed by atoms with E-state index in [4.69, 9.17) is 5.73 Å². The van der Waals surface area contributed by atoms with Gasteiger partial charge < -0.3 is 11.1 Å². The van der Waals surface area contributed by atoms with Gasteiger partial charge in [-0.2, -0.15) is 0 Å². The van der Waals surface area contributed by atoms with E-state index in [-0.39, 0.29) is 5.91 Å². The van der Waals surface area contributed by atoms with Crippen molar-refractivity contribution in [3.05, 3.63) is 53.0 Å². The first-order valence-corrected chi connectivity index (χ1v) is 8.10. The van der Waals surface area contributed by atoms with Crippen LogP contribution in [0.1, 0.15) is 11.1 Å². The van der Waals surface area contributed by atoms with Gasteiger partial charge in [0.25, 0.3) is 0 Å². The van der Waals surface area contributed by atoms with Crippen LogP contribution in [0.2, 0.25) is 0 Å². The number of thiophene rings is 1. The Bertz CT molecular complexity index is 895. The number of nitrogens with two attached hydrogens (primary N) is 1. The molecule has 2 heterocycles. The number of nitrogen functional groups attached to an aromatic ring is 1. The normalized spacial score (nSPS) is 11.2. The zero-order chi connectivity index (χ0) is 16.4. The van der Waals surface area contributed by atoms with E-state index < -0.39 is 0 Å². The lowest BCUT2D eigenvalue weighted by Crippen LogP contribution is -2.13. The molecule has 0 saturated carbocycles. The fourth-order valence-corrected chi connectivity index (χ4v) is 3.48. The topological polar surface area (TPSA) is 68.0 Å². The summed E-state index contributed by atoms with van der Waals surface area (Å²) in [6, 6.07) is 8.34. The molecule has 3 rings (SSSR count). The molecule has 0 fully saturated rings. The van der Waals surface area contributed by atoms with E-state index in [1.165, 1.54) is 11.6 Å². The lowest BCUT2D eigenvalue weighted by atomic mass is 10.0. The van der Waals surface area contributed by atoms with E-state index in [9.17, 15) is 4.79 Å². The summed E-state index contributed by atoms with van der Waals surface area (Å²) in [6.45, 7) is 2.06. The van der Waals surface area contributed by atoms with Gasteiger partial charge in [-0.15, -0.1) is 11.3 Å². The standard InChI is InChI=1S/C18H17N3OS/c1-11-3-5-12(6-4-11)14-10-23-17-13(7-8-15(22)20-2)9-21-18(19)16(14)17/h3-10H,1-2H3,(H2,19,21)(H,20,22). The Hall–Kier alpha value is -2.66. The third-order valence-corrected chi connectivity index (χ3v) is 4.70. The van der Waals surface area contributed by atoms with Crippen LogP contribution in [0.15, 0.2) is 41.9 Å². The molecular formula is C18H17N3OS. The van der Waals surface area contributed by atoms with Gasteiger partial charge in [-0.3, -0.25) is 4.79 Å². The van der Waals surface area contributed by atoms with Gasteiger partial charge in [0.05, 0.1) is 0 Å². The number of amides is 1. The summed E-state index contributed by atoms with van der Waals surface area (Å²) in [6.07, 6.45) is 4.97. The first kappa shape index (κ1) is 15.2. The van der Waals surface area contributed by atoms with Gasteiger partial charge >= 0.3 is 0 Å². The summed E-state index contributed by atoms with van der Waals surface area (Å²) in [5.74, 6) is 0.360. The number of carbonyl (C=O) groups is 1. The SMILES string of the molecule is CNC(=O)C=Cc1cnc(N)c2c(-c3ccc(C)cc3)csc12. The Morgan fingerprint density at radius 2 is 2.04 bits per heavy atom. The van der Waals surface area contributed by atoms with Crippen LogP contribution in [0.4, 0.5) is 5.82 Å². The van der Waals surface area contributed by atoms with E-state index >= 15 is 0 Å². The van der Waals surface area contributed by atoms with Gasteiger partial charge in [-0.1, -0.05) is 29.8 Å². The van der Waals surface area contributed by atoms with Gasteiger partial charge in [-0.05, 0) is 23.9 Å². The summed E-state index contributed by atoms with van der Waals surface area (Å²) >= 11 is 1.61. The predicted molar refractivity (Wildman–Crippen MR) is 97.3 cm³/mol. The highest BCUT2D eigenvalue weighted by Crippen LogP contribution is 2.38. The largest absolute Gasteiger partial charge is 0.383 e. The zero-order valence-electron chi connectivity index (χ0n) is 13.0. The molecule has 4 nitrogen and oxygen atoms in total. The maximum Gasteiger partial charge on any atom is 0.243 e. The lowest BCUT2D eigenvalue weighted by molar-refractivity contribution is -0.115. The zero-order valence-corrected chi connectivity index (χ0v) is 13.8. The molecule has 0 spiro atoms. The number of likely N-dealkylation sites (N-methyl/N-ethyl adjacent to an activating group) is 1. The summed E-state index contributed by atoms with van der Waals surface area (Å²) < 4.78 is 1.04. The summed E-state index contributed by atoms with van der Waals surface area (Å²) in [7, 11) is 1.60. The van der Waals surface area contributed by atoms with Gasteiger partial charge in [-0.25, -0.2) is 4.98 Å². The fourth-order valence-electron chi connectivity index (χ4n) is 2.40. The van der Waals surface area contributed by atoms with Crippen molar-refractivity contribution in [1.29, 1.82) is 0 Å². The number of hydrogen-bond acceptors (Lipinski definition) is 4. The Morgan fingerprint density at radius 1 is 1.30 bits per heavy atom.